The molecule has 0 aliphatic carbocycles. The first-order chi connectivity index (χ1) is 3.43. The van der Waals surface area contributed by atoms with Gasteiger partial charge in [0.25, 0.3) is 0 Å². The standard InChI is InChI=1S/C6H13N.H2/c1-2-6-3-4-7-5-6;/h6-7H,2-5H2,1H3;1H/t6-;/m0./s1. The van der Waals surface area contributed by atoms with Crippen LogP contribution in [0.1, 0.15) is 21.2 Å². The molecule has 1 aliphatic heterocycles. The van der Waals surface area contributed by atoms with Gasteiger partial charge in [0.05, 0.1) is 0 Å². The van der Waals surface area contributed by atoms with E-state index in [9.17, 15) is 0 Å². The van der Waals surface area contributed by atoms with Gasteiger partial charge in [0, 0.05) is 1.43 Å². The summed E-state index contributed by atoms with van der Waals surface area (Å²) in [5.74, 6) is 0.986. The summed E-state index contributed by atoms with van der Waals surface area (Å²) in [6.45, 7) is 4.77. The average molecular weight is 101 g/mol. The summed E-state index contributed by atoms with van der Waals surface area (Å²) in [6, 6.07) is 0. The highest BCUT2D eigenvalue weighted by molar-refractivity contribution is 4.68. The van der Waals surface area contributed by atoms with Gasteiger partial charge in [-0.1, -0.05) is 13.3 Å². The zero-order chi connectivity index (χ0) is 5.11. The second-order valence-electron chi connectivity index (χ2n) is 2.27. The quantitative estimate of drug-likeness (QED) is 0.524. The summed E-state index contributed by atoms with van der Waals surface area (Å²) in [5.41, 5.74) is 0. The van der Waals surface area contributed by atoms with E-state index in [-0.39, 0.29) is 1.43 Å². The molecular weight excluding hydrogens is 86.1 g/mol. The van der Waals surface area contributed by atoms with E-state index in [1.54, 1.807) is 0 Å². The smallest absolute Gasteiger partial charge is 0 e. The lowest BCUT2D eigenvalue weighted by molar-refractivity contribution is 0.563. The summed E-state index contributed by atoms with van der Waals surface area (Å²) < 4.78 is 0. The molecule has 0 aromatic carbocycles. The van der Waals surface area contributed by atoms with E-state index in [0.29, 0.717) is 0 Å². The average Bonchev–Trinajstić information content (AvgIpc) is 2.14. The maximum Gasteiger partial charge on any atom is 0 e. The van der Waals surface area contributed by atoms with Crippen LogP contribution in [-0.2, 0) is 0 Å². The van der Waals surface area contributed by atoms with Crippen LogP contribution in [0.3, 0.4) is 0 Å². The second-order valence-corrected chi connectivity index (χ2v) is 2.27. The van der Waals surface area contributed by atoms with Gasteiger partial charge in [-0.25, -0.2) is 0 Å². The molecule has 44 valence electrons. The first kappa shape index (κ1) is 5.10. The molecule has 1 atom stereocenters. The van der Waals surface area contributed by atoms with Gasteiger partial charge >= 0.3 is 0 Å². The van der Waals surface area contributed by atoms with E-state index < -0.39 is 0 Å². The molecule has 0 aromatic rings. The monoisotopic (exact) mass is 101 g/mol. The Morgan fingerprint density at radius 3 is 3.00 bits per heavy atom. The second kappa shape index (κ2) is 2.31. The summed E-state index contributed by atoms with van der Waals surface area (Å²) in [6.07, 6.45) is 2.75. The molecule has 1 saturated heterocycles. The first-order valence-electron chi connectivity index (χ1n) is 3.14. The van der Waals surface area contributed by atoms with E-state index in [1.165, 1.54) is 25.9 Å². The topological polar surface area (TPSA) is 12.0 Å². The van der Waals surface area contributed by atoms with Crippen LogP contribution < -0.4 is 5.32 Å². The molecule has 1 N–H and O–H groups in total. The molecule has 1 fully saturated rings. The molecule has 0 bridgehead atoms. The zero-order valence-electron chi connectivity index (χ0n) is 4.91. The summed E-state index contributed by atoms with van der Waals surface area (Å²) in [7, 11) is 0. The van der Waals surface area contributed by atoms with Crippen molar-refractivity contribution in [1.29, 1.82) is 0 Å². The third-order valence-corrected chi connectivity index (χ3v) is 1.74. The molecule has 1 heteroatoms. The van der Waals surface area contributed by atoms with Gasteiger partial charge in [-0.2, -0.15) is 0 Å². The van der Waals surface area contributed by atoms with Gasteiger partial charge in [-0.15, -0.1) is 0 Å². The van der Waals surface area contributed by atoms with Crippen molar-refractivity contribution in [2.45, 2.75) is 19.8 Å². The summed E-state index contributed by atoms with van der Waals surface area (Å²) >= 11 is 0. The minimum absolute atomic E-state index is 0. The number of rotatable bonds is 1. The largest absolute Gasteiger partial charge is 0.316 e. The van der Waals surface area contributed by atoms with Crippen molar-refractivity contribution in [2.24, 2.45) is 5.92 Å². The lowest BCUT2D eigenvalue weighted by atomic mass is 10.1. The Hall–Kier alpha value is -0.0400. The van der Waals surface area contributed by atoms with Gasteiger partial charge in [0.2, 0.25) is 0 Å². The predicted molar refractivity (Wildman–Crippen MR) is 33.4 cm³/mol. The SMILES string of the molecule is CC[C@H]1CCNC1.[HH]. The molecule has 1 heterocycles. The van der Waals surface area contributed by atoms with E-state index in [4.69, 9.17) is 0 Å². The summed E-state index contributed by atoms with van der Waals surface area (Å²) in [4.78, 5) is 0. The summed E-state index contributed by atoms with van der Waals surface area (Å²) in [5, 5.41) is 3.32. The highest BCUT2D eigenvalue weighted by Crippen LogP contribution is 2.09. The van der Waals surface area contributed by atoms with Crippen molar-refractivity contribution in [3.05, 3.63) is 0 Å². The Kier molecular flexibility index (Phi) is 1.69. The third kappa shape index (κ3) is 1.16. The van der Waals surface area contributed by atoms with E-state index in [0.717, 1.165) is 5.92 Å². The van der Waals surface area contributed by atoms with Crippen molar-refractivity contribution in [1.82, 2.24) is 5.32 Å². The van der Waals surface area contributed by atoms with E-state index in [1.807, 2.05) is 0 Å². The van der Waals surface area contributed by atoms with Gasteiger partial charge in [0.15, 0.2) is 0 Å². The lowest BCUT2D eigenvalue weighted by Crippen LogP contribution is -2.07. The molecule has 0 aromatic heterocycles. The van der Waals surface area contributed by atoms with Crippen LogP contribution in [0.5, 0.6) is 0 Å². The van der Waals surface area contributed by atoms with Gasteiger partial charge in [-0.3, -0.25) is 0 Å². The van der Waals surface area contributed by atoms with Crippen molar-refractivity contribution >= 4 is 0 Å². The fourth-order valence-corrected chi connectivity index (χ4v) is 1.06. The van der Waals surface area contributed by atoms with E-state index in [2.05, 4.69) is 12.2 Å². The van der Waals surface area contributed by atoms with Crippen LogP contribution in [0.2, 0.25) is 0 Å². The number of hydrogen-bond donors (Lipinski definition) is 1. The maximum atomic E-state index is 3.32. The molecule has 0 saturated carbocycles. The molecule has 0 spiro atoms. The van der Waals surface area contributed by atoms with Gasteiger partial charge < -0.3 is 5.32 Å². The Balaban J connectivity index is 0.000000490. The number of nitrogens with one attached hydrogen (secondary N) is 1. The molecule has 1 nitrogen and oxygen atoms in total. The van der Waals surface area contributed by atoms with Gasteiger partial charge in [-0.05, 0) is 25.4 Å². The van der Waals surface area contributed by atoms with Crippen LogP contribution in [-0.4, -0.2) is 13.1 Å². The Labute approximate surface area is 46.6 Å². The fourth-order valence-electron chi connectivity index (χ4n) is 1.06. The van der Waals surface area contributed by atoms with Crippen molar-refractivity contribution < 1.29 is 1.43 Å². The van der Waals surface area contributed by atoms with Crippen molar-refractivity contribution in [3.63, 3.8) is 0 Å². The fraction of sp³-hybridized carbons (Fsp3) is 1.00. The molecule has 0 unspecified atom stereocenters. The van der Waals surface area contributed by atoms with Gasteiger partial charge in [0.1, 0.15) is 0 Å². The van der Waals surface area contributed by atoms with Crippen LogP contribution in [0.15, 0.2) is 0 Å². The Bertz CT molecular complexity index is 50.5. The Morgan fingerprint density at radius 2 is 2.71 bits per heavy atom. The normalized spacial score (nSPS) is 31.3. The van der Waals surface area contributed by atoms with Crippen LogP contribution in [0, 0.1) is 5.92 Å². The van der Waals surface area contributed by atoms with Crippen LogP contribution in [0.4, 0.5) is 0 Å². The minimum Gasteiger partial charge on any atom is -0.316 e. The minimum atomic E-state index is 0. The first-order valence-corrected chi connectivity index (χ1v) is 3.14. The predicted octanol–water partition coefficient (Wildman–Crippen LogP) is 1.25. The molecule has 0 radical (unpaired) electrons. The molecule has 0 amide bonds. The zero-order valence-corrected chi connectivity index (χ0v) is 4.91. The lowest BCUT2D eigenvalue weighted by Gasteiger charge is -1.98. The molecule has 7 heavy (non-hydrogen) atoms. The molecular formula is C6H15N. The molecule has 1 aliphatic rings. The highest BCUT2D eigenvalue weighted by atomic mass is 14.9. The van der Waals surface area contributed by atoms with E-state index >= 15 is 0 Å². The van der Waals surface area contributed by atoms with Crippen LogP contribution in [0.25, 0.3) is 0 Å². The van der Waals surface area contributed by atoms with Crippen molar-refractivity contribution in [3.8, 4) is 0 Å². The molecule has 1 rings (SSSR count). The highest BCUT2D eigenvalue weighted by Gasteiger charge is 2.10. The van der Waals surface area contributed by atoms with Crippen molar-refractivity contribution in [2.75, 3.05) is 13.1 Å². The number of hydrogen-bond acceptors (Lipinski definition) is 1. The maximum absolute atomic E-state index is 3.32. The Morgan fingerprint density at radius 1 is 1.86 bits per heavy atom. The third-order valence-electron chi connectivity index (χ3n) is 1.74. The van der Waals surface area contributed by atoms with Crippen LogP contribution >= 0.6 is 0 Å².